The number of nitrogens with zero attached hydrogens (tertiary/aromatic N) is 11. The minimum absolute atomic E-state index is 0.0110. The Balaban J connectivity index is 0.000000136. The molecule has 10 heterocycles. The molecule has 0 amide bonds. The lowest BCUT2D eigenvalue weighted by molar-refractivity contribution is 0.137. The number of aromatic hydroxyl groups is 2. The van der Waals surface area contributed by atoms with Gasteiger partial charge in [-0.3, -0.25) is 19.8 Å². The molecule has 1 saturated carbocycles. The van der Waals surface area contributed by atoms with E-state index in [1.54, 1.807) is 0 Å². The molecule has 22 heteroatoms. The number of phenols is 2. The summed E-state index contributed by atoms with van der Waals surface area (Å²) in [6.45, 7) is 6.24. The molecule has 8 atom stereocenters. The molecule has 8 aromatic rings. The maximum atomic E-state index is 16.1. The maximum absolute atomic E-state index is 16.1. The molecule has 1 aliphatic carbocycles. The molecule has 4 aromatic carbocycles. The van der Waals surface area contributed by atoms with Crippen molar-refractivity contribution in [3.8, 4) is 76.8 Å². The zero-order chi connectivity index (χ0) is 63.1. The minimum atomic E-state index is -0.779. The number of aromatic nitrogens is 6. The van der Waals surface area contributed by atoms with E-state index in [-0.39, 0.29) is 96.9 Å². The fraction of sp³-hybridized carbons (Fsp3) is 0.426. The molecule has 4 aromatic heterocycles. The van der Waals surface area contributed by atoms with E-state index in [0.29, 0.717) is 96.9 Å². The van der Waals surface area contributed by atoms with Gasteiger partial charge in [0.2, 0.25) is 0 Å². The maximum Gasteiger partial charge on any atom is 0.318 e. The predicted molar refractivity (Wildman–Crippen MR) is 331 cm³/mol. The number of benzene rings is 4. The Hall–Kier alpha value is -8.75. The van der Waals surface area contributed by atoms with Crippen LogP contribution in [0.1, 0.15) is 81.8 Å². The van der Waals surface area contributed by atoms with Crippen molar-refractivity contribution >= 4 is 55.0 Å². The number of fused-ring (bicyclic) bond motifs is 8. The van der Waals surface area contributed by atoms with Crippen molar-refractivity contribution in [2.45, 2.75) is 101 Å². The van der Waals surface area contributed by atoms with E-state index in [1.807, 2.05) is 9.80 Å². The van der Waals surface area contributed by atoms with Crippen LogP contribution in [0.25, 0.3) is 65.9 Å². The van der Waals surface area contributed by atoms with Crippen LogP contribution in [0.5, 0.6) is 23.5 Å². The number of phenolic OH excluding ortho intramolecular Hbond substituents is 2. The highest BCUT2D eigenvalue weighted by atomic mass is 19.2. The lowest BCUT2D eigenvalue weighted by Crippen LogP contribution is -2.38. The van der Waals surface area contributed by atoms with E-state index < -0.39 is 35.6 Å². The summed E-state index contributed by atoms with van der Waals surface area (Å²) in [5, 5.41) is 42.3. The summed E-state index contributed by atoms with van der Waals surface area (Å²) in [6.07, 6.45) is 23.3. The van der Waals surface area contributed by atoms with Gasteiger partial charge in [0.25, 0.3) is 0 Å². The van der Waals surface area contributed by atoms with Crippen LogP contribution >= 0.6 is 0 Å². The van der Waals surface area contributed by atoms with Crippen molar-refractivity contribution in [3.05, 3.63) is 95.3 Å². The number of terminal acetylenes is 2. The fourth-order valence-electron chi connectivity index (χ4n) is 14.6. The zero-order valence-electron chi connectivity index (χ0n) is 49.8. The van der Waals surface area contributed by atoms with Crippen molar-refractivity contribution in [3.63, 3.8) is 0 Å². The Kier molecular flexibility index (Phi) is 17.8. The molecule has 90 heavy (non-hydrogen) atoms. The Morgan fingerprint density at radius 2 is 1.11 bits per heavy atom. The SMILES string of the molecule is C#Cc1c(F)ccc2cc(O)cc(-c3ncc4c(N5CC6CC(O)C(C6)C5)nc(OC)nc4c3F)c12.C#Cc1c(F)ccc2cc(O)cc(-c3ncc4c(N5CCCC(CC#N)C5)nc(OC)nc4c3F)c12.FC1CC2CCCN2C1.FC1CC2CCCN2C1. The summed E-state index contributed by atoms with van der Waals surface area (Å²) < 4.78 is 97.1. The van der Waals surface area contributed by atoms with Gasteiger partial charge >= 0.3 is 12.0 Å². The van der Waals surface area contributed by atoms with Gasteiger partial charge in [-0.1, -0.05) is 24.0 Å². The average Bonchev–Trinajstić information content (AvgIpc) is 0.994. The lowest BCUT2D eigenvalue weighted by atomic mass is 9.95. The van der Waals surface area contributed by atoms with Gasteiger partial charge in [-0.2, -0.15) is 25.2 Å². The van der Waals surface area contributed by atoms with Gasteiger partial charge < -0.3 is 34.6 Å². The molecule has 466 valence electrons. The third kappa shape index (κ3) is 12.1. The molecule has 0 spiro atoms. The fourth-order valence-corrected chi connectivity index (χ4v) is 14.6. The van der Waals surface area contributed by atoms with Gasteiger partial charge in [0.05, 0.1) is 48.3 Å². The Bertz CT molecular complexity index is 4150. The smallest absolute Gasteiger partial charge is 0.318 e. The summed E-state index contributed by atoms with van der Waals surface area (Å²) in [5.41, 5.74) is -0.133. The number of rotatable bonds is 7. The predicted octanol–water partition coefficient (Wildman–Crippen LogP) is 11.4. The van der Waals surface area contributed by atoms with Gasteiger partial charge in [-0.05, 0) is 136 Å². The van der Waals surface area contributed by atoms with E-state index in [1.165, 1.54) is 101 Å². The normalized spacial score (nSPS) is 23.4. The number of halogens is 6. The summed E-state index contributed by atoms with van der Waals surface area (Å²) in [6, 6.07) is 14.2. The number of nitriles is 1. The number of hydrogen-bond donors (Lipinski definition) is 3. The molecule has 6 saturated heterocycles. The van der Waals surface area contributed by atoms with Crippen LogP contribution in [0.2, 0.25) is 0 Å². The van der Waals surface area contributed by atoms with Gasteiger partial charge in [-0.15, -0.1) is 12.8 Å². The molecule has 7 aliphatic rings. The number of methoxy groups -OCH3 is 2. The Morgan fingerprint density at radius 3 is 1.58 bits per heavy atom. The van der Waals surface area contributed by atoms with Gasteiger partial charge in [0.15, 0.2) is 11.6 Å². The first-order valence-electron chi connectivity index (χ1n) is 30.5. The molecule has 15 rings (SSSR count). The summed E-state index contributed by atoms with van der Waals surface area (Å²) in [7, 11) is 2.80. The second kappa shape index (κ2) is 26.0. The standard InChI is InChI=1S/C27H21F2N5O2.C27H22F2N4O3.2C7H12FN/c1-3-18-21(28)7-6-16-11-17(35)12-19(22(16)18)24-23(29)25-20(13-31-24)26(33-27(32-25)36-2)34-10-4-5-15(14-34)8-9-30;1-3-17-20(28)5-4-14-8-16(34)9-18(22(14)17)24-23(29)25-19(10-30-24)26(32-27(31-25)36-2)33-11-13-6-15(12-33)21(35)7-13;2*8-6-4-7-2-1-3-9(7)5-6/h1,6-7,11-13,15,35H,4-5,8,10,14H2,2H3;1,4-5,8-10,13,15,21,34-35H,6-7,11-12H2,2H3;2*6-7H,1-5H2. The highest BCUT2D eigenvalue weighted by Crippen LogP contribution is 2.44. The van der Waals surface area contributed by atoms with Crippen LogP contribution in [0.4, 0.5) is 38.0 Å². The first-order valence-corrected chi connectivity index (χ1v) is 30.5. The van der Waals surface area contributed by atoms with Gasteiger partial charge in [-0.25, -0.2) is 26.3 Å². The van der Waals surface area contributed by atoms with Crippen LogP contribution in [0, 0.1) is 77.0 Å². The third-order valence-corrected chi connectivity index (χ3v) is 18.7. The van der Waals surface area contributed by atoms with Crippen molar-refractivity contribution < 1.29 is 51.1 Å². The second-order valence-corrected chi connectivity index (χ2v) is 24.4. The topological polar surface area (TPSA) is 193 Å². The number of alkyl halides is 2. The van der Waals surface area contributed by atoms with Crippen molar-refractivity contribution in [2.24, 2.45) is 17.8 Å². The highest BCUT2D eigenvalue weighted by molar-refractivity contribution is 6.04. The van der Waals surface area contributed by atoms with Crippen molar-refractivity contribution in [2.75, 3.05) is 76.4 Å². The number of ether oxygens (including phenoxy) is 2. The molecular formula is C68H67F6N11O5. The summed E-state index contributed by atoms with van der Waals surface area (Å²) >= 11 is 0. The summed E-state index contributed by atoms with van der Waals surface area (Å²) in [4.78, 5) is 34.8. The Morgan fingerprint density at radius 1 is 0.611 bits per heavy atom. The number of anilines is 2. The molecule has 8 unspecified atom stereocenters. The van der Waals surface area contributed by atoms with Crippen molar-refractivity contribution in [1.29, 1.82) is 5.26 Å². The number of hydrogen-bond acceptors (Lipinski definition) is 16. The quantitative estimate of drug-likeness (QED) is 0.101. The number of pyridine rings is 2. The monoisotopic (exact) mass is 1230 g/mol. The average molecular weight is 1230 g/mol. The molecular weight excluding hydrogens is 1160 g/mol. The largest absolute Gasteiger partial charge is 0.508 e. The third-order valence-electron chi connectivity index (χ3n) is 18.7. The zero-order valence-corrected chi connectivity index (χ0v) is 49.8. The first-order chi connectivity index (χ1) is 43.5. The first kappa shape index (κ1) is 61.5. The van der Waals surface area contributed by atoms with Gasteiger partial charge in [0.1, 0.15) is 69.5 Å². The van der Waals surface area contributed by atoms with Gasteiger partial charge in [0, 0.05) is 98.0 Å². The number of piperidine rings is 2. The van der Waals surface area contributed by atoms with Crippen LogP contribution < -0.4 is 19.3 Å². The second-order valence-electron chi connectivity index (χ2n) is 24.4. The van der Waals surface area contributed by atoms with Crippen LogP contribution in [0.3, 0.4) is 0 Å². The lowest BCUT2D eigenvalue weighted by Gasteiger charge is -2.33. The van der Waals surface area contributed by atoms with Crippen molar-refractivity contribution in [1.82, 2.24) is 39.7 Å². The molecule has 6 aliphatic heterocycles. The minimum Gasteiger partial charge on any atom is -0.508 e. The van der Waals surface area contributed by atoms with E-state index in [9.17, 15) is 32.9 Å². The molecule has 3 N–H and O–H groups in total. The van der Waals surface area contributed by atoms with E-state index in [0.717, 1.165) is 51.6 Å². The Labute approximate surface area is 516 Å². The molecule has 2 bridgehead atoms. The summed E-state index contributed by atoms with van der Waals surface area (Å²) in [5.74, 6) is 3.11. The van der Waals surface area contributed by atoms with E-state index >= 15 is 8.78 Å². The molecule has 7 fully saturated rings. The van der Waals surface area contributed by atoms with E-state index in [2.05, 4.69) is 57.6 Å². The van der Waals surface area contributed by atoms with Crippen LogP contribution in [-0.4, -0.2) is 152 Å². The molecule has 0 radical (unpaired) electrons. The number of aliphatic hydroxyl groups excluding tert-OH is 1. The van der Waals surface area contributed by atoms with Crippen LogP contribution in [-0.2, 0) is 0 Å². The highest BCUT2D eigenvalue weighted by Gasteiger charge is 2.41. The van der Waals surface area contributed by atoms with Crippen LogP contribution in [0.15, 0.2) is 60.9 Å². The molecule has 16 nitrogen and oxygen atoms in total. The number of aliphatic hydroxyl groups is 1. The van der Waals surface area contributed by atoms with E-state index in [4.69, 9.17) is 27.6 Å².